The van der Waals surface area contributed by atoms with Crippen LogP contribution in [0.2, 0.25) is 0 Å². The van der Waals surface area contributed by atoms with E-state index in [0.29, 0.717) is 11.4 Å². The molecule has 3 amide bonds. The van der Waals surface area contributed by atoms with Gasteiger partial charge in [0.25, 0.3) is 17.7 Å². The molecule has 0 aliphatic heterocycles. The van der Waals surface area contributed by atoms with Gasteiger partial charge in [-0.15, -0.1) is 11.3 Å². The predicted molar refractivity (Wildman–Crippen MR) is 147 cm³/mol. The van der Waals surface area contributed by atoms with E-state index < -0.39 is 11.8 Å². The van der Waals surface area contributed by atoms with Gasteiger partial charge in [0, 0.05) is 33.3 Å². The quantitative estimate of drug-likeness (QED) is 0.173. The van der Waals surface area contributed by atoms with E-state index in [9.17, 15) is 14.4 Å². The van der Waals surface area contributed by atoms with Crippen LogP contribution in [0.4, 0.5) is 0 Å². The minimum atomic E-state index is -0.439. The van der Waals surface area contributed by atoms with Crippen LogP contribution in [0.3, 0.4) is 0 Å². The second-order valence-electron chi connectivity index (χ2n) is 8.67. The molecule has 1 aromatic carbocycles. The Kier molecular flexibility index (Phi) is 10.4. The molecule has 11 nitrogen and oxygen atoms in total. The standard InChI is InChI=1S/C26H34N8O3S/c1-6-17-10-18(23(27-2)33-28-3)7-8-19(17)13-30-25(36)21-11-20(31-15-32-21)24(35)29-12-16-9-22(38-14-16)26(37)34(4)5/h7-11,14-15,23,27-28,33H,6,12-13H2,1-5H3,(H,29,35)(H,30,36). The van der Waals surface area contributed by atoms with E-state index in [1.165, 1.54) is 28.6 Å². The van der Waals surface area contributed by atoms with Gasteiger partial charge in [0.2, 0.25) is 0 Å². The highest BCUT2D eigenvalue weighted by Crippen LogP contribution is 2.18. The zero-order valence-corrected chi connectivity index (χ0v) is 23.0. The number of hydrazine groups is 1. The Labute approximate surface area is 226 Å². The number of hydrogen-bond donors (Lipinski definition) is 5. The molecule has 2 aromatic heterocycles. The predicted octanol–water partition coefficient (Wildman–Crippen LogP) is 1.60. The molecule has 0 fully saturated rings. The third-order valence-corrected chi connectivity index (χ3v) is 6.78. The lowest BCUT2D eigenvalue weighted by Gasteiger charge is -2.20. The fraction of sp³-hybridized carbons (Fsp3) is 0.346. The summed E-state index contributed by atoms with van der Waals surface area (Å²) in [6.07, 6.45) is 1.95. The number of nitrogens with zero attached hydrogens (tertiary/aromatic N) is 3. The molecular formula is C26H34N8O3S. The van der Waals surface area contributed by atoms with Crippen LogP contribution in [0.15, 0.2) is 42.0 Å². The van der Waals surface area contributed by atoms with Gasteiger partial charge in [0.1, 0.15) is 17.7 Å². The topological polar surface area (TPSA) is 140 Å². The molecule has 38 heavy (non-hydrogen) atoms. The Morgan fingerprint density at radius 3 is 2.24 bits per heavy atom. The second-order valence-corrected chi connectivity index (χ2v) is 9.58. The Balaban J connectivity index is 1.61. The van der Waals surface area contributed by atoms with Crippen LogP contribution < -0.4 is 26.8 Å². The lowest BCUT2D eigenvalue weighted by Crippen LogP contribution is -2.39. The highest BCUT2D eigenvalue weighted by Gasteiger charge is 2.16. The molecule has 202 valence electrons. The van der Waals surface area contributed by atoms with E-state index in [0.717, 1.165) is 28.7 Å². The van der Waals surface area contributed by atoms with Crippen molar-refractivity contribution in [2.24, 2.45) is 0 Å². The molecule has 5 N–H and O–H groups in total. The summed E-state index contributed by atoms with van der Waals surface area (Å²) in [7, 11) is 7.06. The highest BCUT2D eigenvalue weighted by molar-refractivity contribution is 7.12. The molecule has 0 saturated heterocycles. The summed E-state index contributed by atoms with van der Waals surface area (Å²) in [6.45, 7) is 2.62. The van der Waals surface area contributed by atoms with Gasteiger partial charge in [-0.25, -0.2) is 15.4 Å². The molecule has 3 rings (SSSR count). The van der Waals surface area contributed by atoms with E-state index in [2.05, 4.69) is 49.8 Å². The fourth-order valence-electron chi connectivity index (χ4n) is 3.74. The molecule has 0 saturated carbocycles. The monoisotopic (exact) mass is 538 g/mol. The molecule has 3 aromatic rings. The molecule has 0 aliphatic rings. The number of aryl methyl sites for hydroxylation is 1. The summed E-state index contributed by atoms with van der Waals surface area (Å²) in [4.78, 5) is 47.7. The number of thiophene rings is 1. The van der Waals surface area contributed by atoms with E-state index >= 15 is 0 Å². The van der Waals surface area contributed by atoms with Gasteiger partial charge < -0.3 is 20.9 Å². The SMILES string of the molecule is CCc1cc(C(NC)NNC)ccc1CNC(=O)c1cc(C(=O)NCc2csc(C(=O)N(C)C)c2)ncn1. The third-order valence-electron chi connectivity index (χ3n) is 5.82. The van der Waals surface area contributed by atoms with Crippen LogP contribution in [-0.2, 0) is 19.5 Å². The van der Waals surface area contributed by atoms with E-state index in [1.54, 1.807) is 20.2 Å². The molecule has 0 aliphatic carbocycles. The molecule has 1 unspecified atom stereocenters. The van der Waals surface area contributed by atoms with Crippen molar-refractivity contribution in [3.8, 4) is 0 Å². The molecule has 0 radical (unpaired) electrons. The number of carbonyl (C=O) groups is 3. The van der Waals surface area contributed by atoms with Gasteiger partial charge in [-0.05, 0) is 54.2 Å². The normalized spacial score (nSPS) is 11.6. The fourth-order valence-corrected chi connectivity index (χ4v) is 4.67. The average Bonchev–Trinajstić information content (AvgIpc) is 3.41. The summed E-state index contributed by atoms with van der Waals surface area (Å²) >= 11 is 1.32. The Hall–Kier alpha value is -3.71. The van der Waals surface area contributed by atoms with E-state index in [4.69, 9.17) is 0 Å². The first kappa shape index (κ1) is 28.9. The number of benzene rings is 1. The van der Waals surface area contributed by atoms with Crippen LogP contribution in [-0.4, -0.2) is 60.8 Å². The van der Waals surface area contributed by atoms with Gasteiger partial charge in [0.05, 0.1) is 11.0 Å². The zero-order valence-electron chi connectivity index (χ0n) is 22.2. The lowest BCUT2D eigenvalue weighted by atomic mass is 10.0. The van der Waals surface area contributed by atoms with Crippen LogP contribution in [0.1, 0.15) is 66.0 Å². The minimum absolute atomic E-state index is 0.0538. The maximum atomic E-state index is 12.8. The minimum Gasteiger partial charge on any atom is -0.347 e. The first-order chi connectivity index (χ1) is 18.3. The van der Waals surface area contributed by atoms with Crippen LogP contribution in [0.5, 0.6) is 0 Å². The molecule has 12 heteroatoms. The Bertz CT molecular complexity index is 1280. The van der Waals surface area contributed by atoms with Gasteiger partial charge >= 0.3 is 0 Å². The number of nitrogens with one attached hydrogen (secondary N) is 5. The first-order valence-electron chi connectivity index (χ1n) is 12.2. The maximum absolute atomic E-state index is 12.8. The summed E-state index contributed by atoms with van der Waals surface area (Å²) < 4.78 is 0. The lowest BCUT2D eigenvalue weighted by molar-refractivity contribution is 0.0831. The van der Waals surface area contributed by atoms with Gasteiger partial charge in [-0.3, -0.25) is 19.8 Å². The van der Waals surface area contributed by atoms with Gasteiger partial charge in [0.15, 0.2) is 0 Å². The molecule has 0 bridgehead atoms. The largest absolute Gasteiger partial charge is 0.347 e. The van der Waals surface area contributed by atoms with E-state index in [1.807, 2.05) is 31.6 Å². The Morgan fingerprint density at radius 2 is 1.63 bits per heavy atom. The van der Waals surface area contributed by atoms with Crippen molar-refractivity contribution in [1.82, 2.24) is 41.7 Å². The molecule has 1 atom stereocenters. The number of amides is 3. The average molecular weight is 539 g/mol. The van der Waals surface area contributed by atoms with Crippen molar-refractivity contribution in [2.45, 2.75) is 32.6 Å². The van der Waals surface area contributed by atoms with Crippen molar-refractivity contribution in [1.29, 1.82) is 0 Å². The number of rotatable bonds is 12. The summed E-state index contributed by atoms with van der Waals surface area (Å²) in [5, 5.41) is 10.7. The van der Waals surface area contributed by atoms with Crippen LogP contribution >= 0.6 is 11.3 Å². The third kappa shape index (κ3) is 7.42. The molecule has 2 heterocycles. The Morgan fingerprint density at radius 1 is 0.947 bits per heavy atom. The van der Waals surface area contributed by atoms with Crippen molar-refractivity contribution in [3.05, 3.63) is 80.6 Å². The molecule has 0 spiro atoms. The van der Waals surface area contributed by atoms with Crippen molar-refractivity contribution >= 4 is 29.1 Å². The number of aromatic nitrogens is 2. The number of hydrogen-bond acceptors (Lipinski definition) is 9. The summed E-state index contributed by atoms with van der Waals surface area (Å²) in [5.41, 5.74) is 10.3. The van der Waals surface area contributed by atoms with Crippen molar-refractivity contribution in [2.75, 3.05) is 28.2 Å². The van der Waals surface area contributed by atoms with Crippen LogP contribution in [0.25, 0.3) is 0 Å². The van der Waals surface area contributed by atoms with Crippen molar-refractivity contribution in [3.63, 3.8) is 0 Å². The first-order valence-corrected chi connectivity index (χ1v) is 13.0. The zero-order chi connectivity index (χ0) is 27.7. The van der Waals surface area contributed by atoms with E-state index in [-0.39, 0.29) is 30.0 Å². The maximum Gasteiger partial charge on any atom is 0.270 e. The summed E-state index contributed by atoms with van der Waals surface area (Å²) in [6, 6.07) is 9.22. The van der Waals surface area contributed by atoms with Gasteiger partial charge in [-0.1, -0.05) is 25.1 Å². The number of carbonyl (C=O) groups excluding carboxylic acids is 3. The molecular weight excluding hydrogens is 504 g/mol. The van der Waals surface area contributed by atoms with Gasteiger partial charge in [-0.2, -0.15) is 0 Å². The van der Waals surface area contributed by atoms with Crippen molar-refractivity contribution < 1.29 is 14.4 Å². The highest BCUT2D eigenvalue weighted by atomic mass is 32.1. The smallest absolute Gasteiger partial charge is 0.270 e. The van der Waals surface area contributed by atoms with Crippen LogP contribution in [0, 0.1) is 0 Å². The summed E-state index contributed by atoms with van der Waals surface area (Å²) in [5.74, 6) is -0.928. The second kappa shape index (κ2) is 13.7.